The molecule has 1 aliphatic heterocycles. The monoisotopic (exact) mass is 514 g/mol. The lowest BCUT2D eigenvalue weighted by atomic mass is 9.80. The number of ether oxygens (including phenoxy) is 2. The van der Waals surface area contributed by atoms with Gasteiger partial charge in [0.1, 0.15) is 11.9 Å². The van der Waals surface area contributed by atoms with Crippen LogP contribution < -0.4 is 4.74 Å². The van der Waals surface area contributed by atoms with Gasteiger partial charge in [-0.3, -0.25) is 9.59 Å². The minimum Gasteiger partial charge on any atom is -0.489 e. The molecule has 0 radical (unpaired) electrons. The Bertz CT molecular complexity index is 961. The first-order valence-corrected chi connectivity index (χ1v) is 16.7. The summed E-state index contributed by atoms with van der Waals surface area (Å²) in [5.41, 5.74) is 2.37. The van der Waals surface area contributed by atoms with Gasteiger partial charge in [0.05, 0.1) is 6.61 Å². The van der Waals surface area contributed by atoms with Crippen molar-refractivity contribution in [2.45, 2.75) is 103 Å². The van der Waals surface area contributed by atoms with E-state index in [0.717, 1.165) is 43.4 Å². The summed E-state index contributed by atoms with van der Waals surface area (Å²) < 4.78 is 11.7. The van der Waals surface area contributed by atoms with Gasteiger partial charge in [-0.15, -0.1) is 0 Å². The number of benzene rings is 1. The molecule has 6 heteroatoms. The largest absolute Gasteiger partial charge is 0.489 e. The van der Waals surface area contributed by atoms with Crippen molar-refractivity contribution < 1.29 is 23.9 Å². The lowest BCUT2D eigenvalue weighted by Gasteiger charge is -2.38. The number of carbonyl (C=O) groups is 2. The van der Waals surface area contributed by atoms with Crippen LogP contribution in [-0.2, 0) is 20.7 Å². The predicted molar refractivity (Wildman–Crippen MR) is 147 cm³/mol. The number of aryl methyl sites for hydroxylation is 1. The fourth-order valence-corrected chi connectivity index (χ4v) is 6.42. The van der Waals surface area contributed by atoms with Gasteiger partial charge in [-0.2, -0.15) is 0 Å². The van der Waals surface area contributed by atoms with E-state index in [4.69, 9.17) is 9.47 Å². The summed E-state index contributed by atoms with van der Waals surface area (Å²) in [6.45, 7) is 14.7. The SMILES string of the molecule is CCOC(=O)CCCc1cccc2c1O[C@H]1C[C@@H](CC(C)(C)[Si](C)(C)O)[C@H](/C=C/C(=O)[C@@H](C)CC)[C@@H]21. The molecule has 5 atom stereocenters. The van der Waals surface area contributed by atoms with Crippen molar-refractivity contribution in [2.24, 2.45) is 17.8 Å². The van der Waals surface area contributed by atoms with E-state index >= 15 is 0 Å². The van der Waals surface area contributed by atoms with Gasteiger partial charge in [-0.1, -0.05) is 52.0 Å². The van der Waals surface area contributed by atoms with Crippen LogP contribution in [0.1, 0.15) is 83.8 Å². The molecule has 1 fully saturated rings. The van der Waals surface area contributed by atoms with E-state index in [2.05, 4.69) is 38.1 Å². The van der Waals surface area contributed by atoms with E-state index in [-0.39, 0.29) is 40.6 Å². The Hall–Kier alpha value is -1.92. The molecular weight excluding hydrogens is 468 g/mol. The number of hydrogen-bond acceptors (Lipinski definition) is 5. The molecule has 1 N–H and O–H groups in total. The van der Waals surface area contributed by atoms with Crippen LogP contribution in [0.3, 0.4) is 0 Å². The lowest BCUT2D eigenvalue weighted by molar-refractivity contribution is -0.143. The minimum atomic E-state index is -2.37. The summed E-state index contributed by atoms with van der Waals surface area (Å²) in [4.78, 5) is 35.5. The highest BCUT2D eigenvalue weighted by atomic mass is 28.4. The first kappa shape index (κ1) is 28.6. The van der Waals surface area contributed by atoms with Crippen LogP contribution >= 0.6 is 0 Å². The predicted octanol–water partition coefficient (Wildman–Crippen LogP) is 6.59. The average Bonchev–Trinajstić information content (AvgIpc) is 3.32. The van der Waals surface area contributed by atoms with Gasteiger partial charge in [0, 0.05) is 23.8 Å². The molecular formula is C30H46O5Si. The van der Waals surface area contributed by atoms with Crippen LogP contribution in [0.4, 0.5) is 0 Å². The van der Waals surface area contributed by atoms with Gasteiger partial charge >= 0.3 is 5.97 Å². The van der Waals surface area contributed by atoms with E-state index in [1.807, 2.05) is 39.9 Å². The highest BCUT2D eigenvalue weighted by molar-refractivity contribution is 6.72. The van der Waals surface area contributed by atoms with Crippen molar-refractivity contribution in [3.05, 3.63) is 41.5 Å². The molecule has 200 valence electrons. The molecule has 0 bridgehead atoms. The van der Waals surface area contributed by atoms with E-state index < -0.39 is 8.32 Å². The van der Waals surface area contributed by atoms with Crippen LogP contribution in [0.25, 0.3) is 0 Å². The highest BCUT2D eigenvalue weighted by Crippen LogP contribution is 2.58. The standard InChI is InChI=1S/C30H46O5Si/c1-8-20(3)25(31)17-16-23-22(19-30(4,5)36(6,7)33)18-26-28(23)24-14-10-12-21(29(24)35-26)13-11-15-27(32)34-9-2/h10,12,14,16-17,20,22-23,26,28,33H,8-9,11,13,15,18-19H2,1-7H3/b17-16+/t20-,22-,23-,26-,28-/m0/s1. The second-order valence-corrected chi connectivity index (χ2v) is 16.4. The molecule has 0 spiro atoms. The molecule has 36 heavy (non-hydrogen) atoms. The van der Waals surface area contributed by atoms with Gasteiger partial charge in [0.2, 0.25) is 0 Å². The molecule has 1 saturated carbocycles. The quantitative estimate of drug-likeness (QED) is 0.193. The third-order valence-corrected chi connectivity index (χ3v) is 12.3. The zero-order valence-electron chi connectivity index (χ0n) is 23.3. The summed E-state index contributed by atoms with van der Waals surface area (Å²) in [5, 5.41) is -0.138. The Morgan fingerprint density at radius 1 is 1.28 bits per heavy atom. The summed E-state index contributed by atoms with van der Waals surface area (Å²) in [7, 11) is -2.37. The fourth-order valence-electron chi connectivity index (χ4n) is 5.66. The molecule has 1 heterocycles. The second kappa shape index (κ2) is 11.6. The van der Waals surface area contributed by atoms with Crippen molar-refractivity contribution in [1.29, 1.82) is 0 Å². The maximum absolute atomic E-state index is 12.7. The van der Waals surface area contributed by atoms with E-state index in [1.165, 1.54) is 5.56 Å². The lowest BCUT2D eigenvalue weighted by Crippen LogP contribution is -2.40. The first-order chi connectivity index (χ1) is 16.9. The van der Waals surface area contributed by atoms with Crippen LogP contribution in [0, 0.1) is 17.8 Å². The van der Waals surface area contributed by atoms with Gasteiger partial charge in [0.25, 0.3) is 0 Å². The van der Waals surface area contributed by atoms with Crippen molar-refractivity contribution in [3.8, 4) is 5.75 Å². The molecule has 1 aliphatic carbocycles. The van der Waals surface area contributed by atoms with Crippen molar-refractivity contribution in [3.63, 3.8) is 0 Å². The minimum absolute atomic E-state index is 0.0234. The molecule has 5 nitrogen and oxygen atoms in total. The van der Waals surface area contributed by atoms with Gasteiger partial charge < -0.3 is 14.3 Å². The summed E-state index contributed by atoms with van der Waals surface area (Å²) in [5.74, 6) is 1.76. The molecule has 3 rings (SSSR count). The Kier molecular flexibility index (Phi) is 9.26. The molecule has 2 aliphatic rings. The molecule has 1 aromatic carbocycles. The summed E-state index contributed by atoms with van der Waals surface area (Å²) in [6, 6.07) is 6.36. The summed E-state index contributed by atoms with van der Waals surface area (Å²) >= 11 is 0. The number of esters is 1. The normalized spacial score (nSPS) is 24.3. The number of rotatable bonds is 12. The van der Waals surface area contributed by atoms with Crippen molar-refractivity contribution in [1.82, 2.24) is 0 Å². The number of fused-ring (bicyclic) bond motifs is 3. The van der Waals surface area contributed by atoms with Crippen LogP contribution in [0.2, 0.25) is 18.1 Å². The van der Waals surface area contributed by atoms with Crippen molar-refractivity contribution in [2.75, 3.05) is 6.61 Å². The second-order valence-electron chi connectivity index (χ2n) is 12.0. The number of hydrogen-bond donors (Lipinski definition) is 1. The summed E-state index contributed by atoms with van der Waals surface area (Å²) in [6.07, 6.45) is 8.61. The van der Waals surface area contributed by atoms with Crippen molar-refractivity contribution >= 4 is 20.1 Å². The van der Waals surface area contributed by atoms with Gasteiger partial charge in [-0.05, 0) is 80.6 Å². The molecule has 0 amide bonds. The number of carbonyl (C=O) groups excluding carboxylic acids is 2. The van der Waals surface area contributed by atoms with Crippen LogP contribution in [-0.4, -0.2) is 37.6 Å². The Morgan fingerprint density at radius 2 is 2.00 bits per heavy atom. The smallest absolute Gasteiger partial charge is 0.305 e. The molecule has 1 aromatic rings. The maximum atomic E-state index is 12.7. The molecule has 0 aromatic heterocycles. The Balaban J connectivity index is 1.87. The Labute approximate surface area is 218 Å². The van der Waals surface area contributed by atoms with Gasteiger partial charge in [-0.25, -0.2) is 0 Å². The van der Waals surface area contributed by atoms with E-state index in [1.54, 1.807) is 0 Å². The van der Waals surface area contributed by atoms with Crippen LogP contribution in [0.15, 0.2) is 30.4 Å². The average molecular weight is 515 g/mol. The fraction of sp³-hybridized carbons (Fsp3) is 0.667. The maximum Gasteiger partial charge on any atom is 0.305 e. The van der Waals surface area contributed by atoms with E-state index in [9.17, 15) is 14.4 Å². The highest BCUT2D eigenvalue weighted by Gasteiger charge is 2.52. The zero-order valence-corrected chi connectivity index (χ0v) is 24.3. The third kappa shape index (κ3) is 6.31. The van der Waals surface area contributed by atoms with E-state index in [0.29, 0.717) is 18.9 Å². The zero-order chi connectivity index (χ0) is 26.7. The number of ketones is 1. The van der Waals surface area contributed by atoms with Crippen LogP contribution in [0.5, 0.6) is 5.75 Å². The first-order valence-electron chi connectivity index (χ1n) is 13.8. The third-order valence-electron chi connectivity index (χ3n) is 8.79. The molecule has 0 saturated heterocycles. The number of para-hydroxylation sites is 1. The topological polar surface area (TPSA) is 72.8 Å². The molecule has 0 unspecified atom stereocenters. The van der Waals surface area contributed by atoms with Gasteiger partial charge in [0.15, 0.2) is 14.1 Å². The Morgan fingerprint density at radius 3 is 2.64 bits per heavy atom. The number of allylic oxidation sites excluding steroid dienone is 2.